The van der Waals surface area contributed by atoms with E-state index in [2.05, 4.69) is 5.32 Å². The van der Waals surface area contributed by atoms with Crippen molar-refractivity contribution in [3.8, 4) is 5.75 Å². The van der Waals surface area contributed by atoms with Gasteiger partial charge in [-0.15, -0.1) is 0 Å². The molecular formula is C12H15NO5. The number of aliphatic hydroxyl groups is 1. The van der Waals surface area contributed by atoms with Crippen LogP contribution in [0.4, 0.5) is 0 Å². The van der Waals surface area contributed by atoms with E-state index >= 15 is 0 Å². The van der Waals surface area contributed by atoms with Crippen LogP contribution in [0.25, 0.3) is 0 Å². The van der Waals surface area contributed by atoms with Gasteiger partial charge in [0.2, 0.25) is 0 Å². The molecule has 0 saturated heterocycles. The summed E-state index contributed by atoms with van der Waals surface area (Å²) in [7, 11) is 1.44. The van der Waals surface area contributed by atoms with Crippen LogP contribution in [0.2, 0.25) is 0 Å². The molecule has 0 bridgehead atoms. The standard InChI is InChI=1S/C12H15NO5/c1-7-3-4-10(18-2)8(5-7)11(15)13-6-9(14)12(16)17/h3-5,9,14H,6H2,1-2H3,(H,13,15)(H,16,17)/t9-/m0/s1. The molecule has 3 N–H and O–H groups in total. The lowest BCUT2D eigenvalue weighted by Crippen LogP contribution is -2.36. The molecule has 1 aromatic rings. The minimum atomic E-state index is -1.62. The van der Waals surface area contributed by atoms with Gasteiger partial charge in [-0.1, -0.05) is 11.6 Å². The summed E-state index contributed by atoms with van der Waals surface area (Å²) < 4.78 is 5.04. The maximum Gasteiger partial charge on any atom is 0.334 e. The molecule has 0 fully saturated rings. The Bertz CT molecular complexity index is 458. The quantitative estimate of drug-likeness (QED) is 0.695. The lowest BCUT2D eigenvalue weighted by atomic mass is 10.1. The number of nitrogens with one attached hydrogen (secondary N) is 1. The van der Waals surface area contributed by atoms with Crippen molar-refractivity contribution >= 4 is 11.9 Å². The first-order valence-corrected chi connectivity index (χ1v) is 5.29. The number of carbonyl (C=O) groups excluding carboxylic acids is 1. The van der Waals surface area contributed by atoms with E-state index in [0.717, 1.165) is 5.56 Å². The number of carboxylic acids is 1. The normalized spacial score (nSPS) is 11.7. The van der Waals surface area contributed by atoms with E-state index in [0.29, 0.717) is 11.3 Å². The van der Waals surface area contributed by atoms with E-state index in [4.69, 9.17) is 14.9 Å². The first-order chi connectivity index (χ1) is 8.45. The van der Waals surface area contributed by atoms with E-state index in [9.17, 15) is 9.59 Å². The highest BCUT2D eigenvalue weighted by molar-refractivity contribution is 5.97. The average molecular weight is 253 g/mol. The summed E-state index contributed by atoms with van der Waals surface area (Å²) in [6.45, 7) is 1.47. The van der Waals surface area contributed by atoms with Crippen molar-refractivity contribution in [3.05, 3.63) is 29.3 Å². The molecule has 0 aliphatic rings. The van der Waals surface area contributed by atoms with E-state index in [1.807, 2.05) is 6.92 Å². The van der Waals surface area contributed by atoms with Crippen LogP contribution in [0.5, 0.6) is 5.75 Å². The summed E-state index contributed by atoms with van der Waals surface area (Å²) in [4.78, 5) is 22.2. The largest absolute Gasteiger partial charge is 0.496 e. The predicted molar refractivity (Wildman–Crippen MR) is 63.7 cm³/mol. The first-order valence-electron chi connectivity index (χ1n) is 5.29. The smallest absolute Gasteiger partial charge is 0.334 e. The third kappa shape index (κ3) is 3.46. The van der Waals surface area contributed by atoms with Gasteiger partial charge in [0, 0.05) is 0 Å². The second-order valence-electron chi connectivity index (χ2n) is 3.77. The zero-order chi connectivity index (χ0) is 13.7. The Morgan fingerprint density at radius 2 is 2.11 bits per heavy atom. The van der Waals surface area contributed by atoms with Crippen LogP contribution in [0.1, 0.15) is 15.9 Å². The number of hydrogen-bond donors (Lipinski definition) is 3. The third-order valence-corrected chi connectivity index (χ3v) is 2.34. The highest BCUT2D eigenvalue weighted by atomic mass is 16.5. The summed E-state index contributed by atoms with van der Waals surface area (Å²) in [6, 6.07) is 5.07. The van der Waals surface area contributed by atoms with Gasteiger partial charge in [-0.3, -0.25) is 4.79 Å². The number of aliphatic carboxylic acids is 1. The van der Waals surface area contributed by atoms with Crippen LogP contribution < -0.4 is 10.1 Å². The van der Waals surface area contributed by atoms with Crippen molar-refractivity contribution in [3.63, 3.8) is 0 Å². The van der Waals surface area contributed by atoms with Gasteiger partial charge in [-0.25, -0.2) is 4.79 Å². The average Bonchev–Trinajstić information content (AvgIpc) is 2.35. The SMILES string of the molecule is COc1ccc(C)cc1C(=O)NC[C@H](O)C(=O)O. The second-order valence-corrected chi connectivity index (χ2v) is 3.77. The Morgan fingerprint density at radius 1 is 1.44 bits per heavy atom. The molecule has 0 unspecified atom stereocenters. The Morgan fingerprint density at radius 3 is 2.67 bits per heavy atom. The molecule has 0 aliphatic heterocycles. The molecule has 18 heavy (non-hydrogen) atoms. The fourth-order valence-corrected chi connectivity index (χ4v) is 1.37. The Hall–Kier alpha value is -2.08. The molecule has 98 valence electrons. The molecule has 0 spiro atoms. The lowest BCUT2D eigenvalue weighted by molar-refractivity contribution is -0.146. The highest BCUT2D eigenvalue weighted by Gasteiger charge is 2.17. The molecule has 0 aromatic heterocycles. The van der Waals surface area contributed by atoms with Gasteiger partial charge in [0.05, 0.1) is 19.2 Å². The molecule has 0 saturated carbocycles. The number of rotatable bonds is 5. The predicted octanol–water partition coefficient (Wildman–Crippen LogP) is 0.179. The molecule has 1 aromatic carbocycles. The zero-order valence-corrected chi connectivity index (χ0v) is 10.1. The Kier molecular flexibility index (Phi) is 4.67. The van der Waals surface area contributed by atoms with Crippen LogP contribution >= 0.6 is 0 Å². The Labute approximate surface area is 104 Å². The molecule has 6 heteroatoms. The monoisotopic (exact) mass is 253 g/mol. The second kappa shape index (κ2) is 6.02. The lowest BCUT2D eigenvalue weighted by Gasteiger charge is -2.11. The molecule has 0 aliphatic carbocycles. The summed E-state index contributed by atoms with van der Waals surface area (Å²) in [5.41, 5.74) is 1.18. The van der Waals surface area contributed by atoms with Crippen molar-refractivity contribution in [1.82, 2.24) is 5.32 Å². The molecule has 1 rings (SSSR count). The van der Waals surface area contributed by atoms with Crippen molar-refractivity contribution in [2.24, 2.45) is 0 Å². The van der Waals surface area contributed by atoms with Gasteiger partial charge in [0.15, 0.2) is 6.10 Å². The van der Waals surface area contributed by atoms with Crippen LogP contribution in [0.15, 0.2) is 18.2 Å². The molecular weight excluding hydrogens is 238 g/mol. The van der Waals surface area contributed by atoms with Crippen LogP contribution in [0.3, 0.4) is 0 Å². The fraction of sp³-hybridized carbons (Fsp3) is 0.333. The van der Waals surface area contributed by atoms with Gasteiger partial charge in [0.25, 0.3) is 5.91 Å². The maximum absolute atomic E-state index is 11.8. The van der Waals surface area contributed by atoms with Crippen molar-refractivity contribution in [1.29, 1.82) is 0 Å². The van der Waals surface area contributed by atoms with E-state index < -0.39 is 18.0 Å². The van der Waals surface area contributed by atoms with Gasteiger partial charge in [0.1, 0.15) is 5.75 Å². The number of benzene rings is 1. The molecule has 0 radical (unpaired) electrons. The minimum Gasteiger partial charge on any atom is -0.496 e. The van der Waals surface area contributed by atoms with Crippen molar-refractivity contribution in [2.75, 3.05) is 13.7 Å². The number of carbonyl (C=O) groups is 2. The molecule has 1 atom stereocenters. The third-order valence-electron chi connectivity index (χ3n) is 2.34. The summed E-state index contributed by atoms with van der Waals surface area (Å²) >= 11 is 0. The maximum atomic E-state index is 11.8. The number of hydrogen-bond acceptors (Lipinski definition) is 4. The first kappa shape index (κ1) is 14.0. The molecule has 6 nitrogen and oxygen atoms in total. The molecule has 1 amide bonds. The number of aryl methyl sites for hydroxylation is 1. The van der Waals surface area contributed by atoms with E-state index in [1.165, 1.54) is 7.11 Å². The van der Waals surface area contributed by atoms with Gasteiger partial charge >= 0.3 is 5.97 Å². The minimum absolute atomic E-state index is 0.301. The van der Waals surface area contributed by atoms with Crippen molar-refractivity contribution in [2.45, 2.75) is 13.0 Å². The zero-order valence-electron chi connectivity index (χ0n) is 10.1. The highest BCUT2D eigenvalue weighted by Crippen LogP contribution is 2.19. The molecule has 0 heterocycles. The van der Waals surface area contributed by atoms with Crippen LogP contribution in [-0.4, -0.2) is 41.8 Å². The topological polar surface area (TPSA) is 95.9 Å². The van der Waals surface area contributed by atoms with Gasteiger partial charge in [-0.2, -0.15) is 0 Å². The summed E-state index contributed by atoms with van der Waals surface area (Å²) in [5, 5.41) is 19.9. The van der Waals surface area contributed by atoms with Crippen LogP contribution in [-0.2, 0) is 4.79 Å². The number of methoxy groups -OCH3 is 1. The van der Waals surface area contributed by atoms with Crippen LogP contribution in [0, 0.1) is 6.92 Å². The van der Waals surface area contributed by atoms with Gasteiger partial charge in [-0.05, 0) is 19.1 Å². The fourth-order valence-electron chi connectivity index (χ4n) is 1.37. The summed E-state index contributed by atoms with van der Waals surface area (Å²) in [6.07, 6.45) is -1.62. The van der Waals surface area contributed by atoms with Crippen molar-refractivity contribution < 1.29 is 24.5 Å². The number of carboxylic acid groups (broad SMARTS) is 1. The number of ether oxygens (including phenoxy) is 1. The van der Waals surface area contributed by atoms with E-state index in [1.54, 1.807) is 18.2 Å². The Balaban J connectivity index is 2.78. The number of aliphatic hydroxyl groups excluding tert-OH is 1. The van der Waals surface area contributed by atoms with Gasteiger partial charge < -0.3 is 20.3 Å². The summed E-state index contributed by atoms with van der Waals surface area (Å²) in [5.74, 6) is -1.48. The number of amides is 1. The van der Waals surface area contributed by atoms with E-state index in [-0.39, 0.29) is 6.54 Å².